The van der Waals surface area contributed by atoms with E-state index in [0.29, 0.717) is 6.04 Å². The largest absolute Gasteiger partial charge is 0.356 e. The van der Waals surface area contributed by atoms with Crippen molar-refractivity contribution in [2.75, 3.05) is 11.9 Å². The molecule has 84 valence electrons. The summed E-state index contributed by atoms with van der Waals surface area (Å²) < 4.78 is 0. The maximum Gasteiger partial charge on any atom is 0.142 e. The predicted octanol–water partition coefficient (Wildman–Crippen LogP) is 2.19. The van der Waals surface area contributed by atoms with Gasteiger partial charge in [-0.3, -0.25) is 0 Å². The lowest BCUT2D eigenvalue weighted by atomic mass is 9.81. The molecular formula is C12H16N4. The van der Waals surface area contributed by atoms with Gasteiger partial charge < -0.3 is 9.88 Å². The number of aromatic nitrogens is 3. The van der Waals surface area contributed by atoms with Gasteiger partial charge in [0.1, 0.15) is 17.8 Å². The highest BCUT2D eigenvalue weighted by Gasteiger charge is 2.30. The molecular weight excluding hydrogens is 200 g/mol. The number of aromatic amines is 1. The first-order valence-corrected chi connectivity index (χ1v) is 5.76. The fourth-order valence-corrected chi connectivity index (χ4v) is 2.49. The molecule has 2 aromatic rings. The van der Waals surface area contributed by atoms with Crippen LogP contribution in [0.25, 0.3) is 11.0 Å². The van der Waals surface area contributed by atoms with Gasteiger partial charge in [-0.2, -0.15) is 0 Å². The molecule has 1 fully saturated rings. The summed E-state index contributed by atoms with van der Waals surface area (Å²) in [5.74, 6) is 1.90. The standard InChI is InChI=1S/C12H16N4/c1-8-5-9(6-8)16(2)12-10-3-4-13-11(10)14-7-15-12/h3-4,7-9H,5-6H2,1-2H3,(H,13,14,15). The van der Waals surface area contributed by atoms with Crippen LogP contribution in [0.1, 0.15) is 19.8 Å². The van der Waals surface area contributed by atoms with E-state index in [-0.39, 0.29) is 0 Å². The quantitative estimate of drug-likeness (QED) is 0.837. The molecule has 0 atom stereocenters. The molecule has 1 saturated carbocycles. The van der Waals surface area contributed by atoms with Crippen LogP contribution in [0.15, 0.2) is 18.6 Å². The second-order valence-electron chi connectivity index (χ2n) is 4.78. The minimum Gasteiger partial charge on any atom is -0.356 e. The molecule has 0 spiro atoms. The molecule has 16 heavy (non-hydrogen) atoms. The molecule has 1 N–H and O–H groups in total. The van der Waals surface area contributed by atoms with Gasteiger partial charge in [-0.15, -0.1) is 0 Å². The highest BCUT2D eigenvalue weighted by molar-refractivity contribution is 5.87. The average Bonchev–Trinajstić information content (AvgIpc) is 2.71. The Kier molecular flexibility index (Phi) is 2.09. The van der Waals surface area contributed by atoms with Gasteiger partial charge in [0, 0.05) is 19.3 Å². The third kappa shape index (κ3) is 1.37. The van der Waals surface area contributed by atoms with Crippen molar-refractivity contribution < 1.29 is 0 Å². The fraction of sp³-hybridized carbons (Fsp3) is 0.500. The summed E-state index contributed by atoms with van der Waals surface area (Å²) in [5.41, 5.74) is 0.921. The van der Waals surface area contributed by atoms with E-state index in [1.54, 1.807) is 6.33 Å². The molecule has 1 aliphatic rings. The Morgan fingerprint density at radius 3 is 2.94 bits per heavy atom. The molecule has 2 heterocycles. The molecule has 0 bridgehead atoms. The number of rotatable bonds is 2. The molecule has 0 unspecified atom stereocenters. The van der Waals surface area contributed by atoms with Gasteiger partial charge in [0.15, 0.2) is 0 Å². The molecule has 0 aliphatic heterocycles. The topological polar surface area (TPSA) is 44.8 Å². The lowest BCUT2D eigenvalue weighted by Crippen LogP contribution is -2.42. The van der Waals surface area contributed by atoms with Crippen molar-refractivity contribution in [2.45, 2.75) is 25.8 Å². The Bertz CT molecular complexity index is 498. The first-order chi connectivity index (χ1) is 7.75. The van der Waals surface area contributed by atoms with Crippen molar-refractivity contribution in [3.8, 4) is 0 Å². The van der Waals surface area contributed by atoms with E-state index in [1.165, 1.54) is 12.8 Å². The Hall–Kier alpha value is -1.58. The summed E-state index contributed by atoms with van der Waals surface area (Å²) in [6, 6.07) is 2.69. The normalized spacial score (nSPS) is 24.4. The summed E-state index contributed by atoms with van der Waals surface area (Å²) in [5, 5.41) is 1.12. The van der Waals surface area contributed by atoms with E-state index in [2.05, 4.69) is 33.8 Å². The van der Waals surface area contributed by atoms with Crippen LogP contribution in [-0.2, 0) is 0 Å². The molecule has 3 rings (SSSR count). The van der Waals surface area contributed by atoms with E-state index < -0.39 is 0 Å². The summed E-state index contributed by atoms with van der Waals surface area (Å²) >= 11 is 0. The van der Waals surface area contributed by atoms with Crippen LogP contribution in [-0.4, -0.2) is 28.0 Å². The smallest absolute Gasteiger partial charge is 0.142 e. The first kappa shape index (κ1) is 9.63. The van der Waals surface area contributed by atoms with Crippen LogP contribution in [0, 0.1) is 5.92 Å². The molecule has 2 aromatic heterocycles. The van der Waals surface area contributed by atoms with Gasteiger partial charge in [-0.1, -0.05) is 6.92 Å². The summed E-state index contributed by atoms with van der Waals surface area (Å²) in [4.78, 5) is 14.0. The molecule has 4 heteroatoms. The minimum absolute atomic E-state index is 0.642. The van der Waals surface area contributed by atoms with E-state index in [0.717, 1.165) is 22.8 Å². The van der Waals surface area contributed by atoms with Crippen LogP contribution >= 0.6 is 0 Å². The number of fused-ring (bicyclic) bond motifs is 1. The summed E-state index contributed by atoms with van der Waals surface area (Å²) in [6.07, 6.45) is 6.09. The number of hydrogen-bond donors (Lipinski definition) is 1. The van der Waals surface area contributed by atoms with E-state index in [4.69, 9.17) is 0 Å². The van der Waals surface area contributed by atoms with E-state index in [9.17, 15) is 0 Å². The minimum atomic E-state index is 0.642. The monoisotopic (exact) mass is 216 g/mol. The SMILES string of the molecule is CC1CC(N(C)c2ncnc3[nH]ccc23)C1. The zero-order chi connectivity index (χ0) is 11.1. The third-order valence-electron chi connectivity index (χ3n) is 3.56. The van der Waals surface area contributed by atoms with Crippen molar-refractivity contribution in [3.05, 3.63) is 18.6 Å². The maximum atomic E-state index is 4.40. The zero-order valence-corrected chi connectivity index (χ0v) is 9.64. The van der Waals surface area contributed by atoms with Crippen molar-refractivity contribution >= 4 is 16.9 Å². The second-order valence-corrected chi connectivity index (χ2v) is 4.78. The van der Waals surface area contributed by atoms with Crippen molar-refractivity contribution in [1.82, 2.24) is 15.0 Å². The van der Waals surface area contributed by atoms with Gasteiger partial charge in [0.25, 0.3) is 0 Å². The molecule has 1 aliphatic carbocycles. The van der Waals surface area contributed by atoms with Gasteiger partial charge in [-0.25, -0.2) is 9.97 Å². The number of nitrogens with one attached hydrogen (secondary N) is 1. The Morgan fingerprint density at radius 2 is 2.19 bits per heavy atom. The van der Waals surface area contributed by atoms with Crippen molar-refractivity contribution in [2.24, 2.45) is 5.92 Å². The maximum absolute atomic E-state index is 4.40. The fourth-order valence-electron chi connectivity index (χ4n) is 2.49. The van der Waals surface area contributed by atoms with E-state index in [1.807, 2.05) is 12.3 Å². The Morgan fingerprint density at radius 1 is 1.38 bits per heavy atom. The van der Waals surface area contributed by atoms with Crippen LogP contribution < -0.4 is 4.90 Å². The summed E-state index contributed by atoms with van der Waals surface area (Å²) in [7, 11) is 2.13. The van der Waals surface area contributed by atoms with Crippen LogP contribution in [0.5, 0.6) is 0 Å². The van der Waals surface area contributed by atoms with E-state index >= 15 is 0 Å². The zero-order valence-electron chi connectivity index (χ0n) is 9.64. The number of anilines is 1. The van der Waals surface area contributed by atoms with Gasteiger partial charge in [-0.05, 0) is 24.8 Å². The molecule has 0 aromatic carbocycles. The molecule has 0 saturated heterocycles. The number of hydrogen-bond acceptors (Lipinski definition) is 3. The van der Waals surface area contributed by atoms with Crippen molar-refractivity contribution in [1.29, 1.82) is 0 Å². The highest BCUT2D eigenvalue weighted by atomic mass is 15.2. The lowest BCUT2D eigenvalue weighted by molar-refractivity contribution is 0.280. The Labute approximate surface area is 94.7 Å². The van der Waals surface area contributed by atoms with Gasteiger partial charge >= 0.3 is 0 Å². The molecule has 4 nitrogen and oxygen atoms in total. The molecule has 0 radical (unpaired) electrons. The van der Waals surface area contributed by atoms with Crippen LogP contribution in [0.3, 0.4) is 0 Å². The second kappa shape index (κ2) is 3.47. The van der Waals surface area contributed by atoms with Crippen LogP contribution in [0.4, 0.5) is 5.82 Å². The van der Waals surface area contributed by atoms with Gasteiger partial charge in [0.05, 0.1) is 5.39 Å². The lowest BCUT2D eigenvalue weighted by Gasteiger charge is -2.40. The summed E-state index contributed by atoms with van der Waals surface area (Å²) in [6.45, 7) is 2.30. The van der Waals surface area contributed by atoms with Crippen LogP contribution in [0.2, 0.25) is 0 Å². The molecule has 0 amide bonds. The van der Waals surface area contributed by atoms with Crippen molar-refractivity contribution in [3.63, 3.8) is 0 Å². The third-order valence-corrected chi connectivity index (χ3v) is 3.56. The van der Waals surface area contributed by atoms with Gasteiger partial charge in [0.2, 0.25) is 0 Å². The Balaban J connectivity index is 1.95. The number of nitrogens with zero attached hydrogens (tertiary/aromatic N) is 3. The first-order valence-electron chi connectivity index (χ1n) is 5.76. The average molecular weight is 216 g/mol. The predicted molar refractivity (Wildman–Crippen MR) is 64.5 cm³/mol. The highest BCUT2D eigenvalue weighted by Crippen LogP contribution is 2.34. The number of H-pyrrole nitrogens is 1.